The van der Waals surface area contributed by atoms with Crippen molar-refractivity contribution < 1.29 is 14.3 Å². The van der Waals surface area contributed by atoms with E-state index in [1.54, 1.807) is 36.1 Å². The van der Waals surface area contributed by atoms with E-state index in [2.05, 4.69) is 5.32 Å². The normalized spacial score (nSPS) is 15.0. The van der Waals surface area contributed by atoms with Crippen LogP contribution in [-0.2, 0) is 9.59 Å². The Balaban J connectivity index is 1.71. The third-order valence-electron chi connectivity index (χ3n) is 4.34. The number of anilines is 2. The van der Waals surface area contributed by atoms with Gasteiger partial charge in [0.2, 0.25) is 5.91 Å². The molecule has 1 aliphatic heterocycles. The zero-order valence-electron chi connectivity index (χ0n) is 14.8. The average molecular weight is 373 g/mol. The van der Waals surface area contributed by atoms with E-state index >= 15 is 0 Å². The van der Waals surface area contributed by atoms with Crippen LogP contribution in [0.4, 0.5) is 11.4 Å². The predicted octanol–water partition coefficient (Wildman–Crippen LogP) is 4.18. The van der Waals surface area contributed by atoms with Gasteiger partial charge in [0.25, 0.3) is 5.91 Å². The highest BCUT2D eigenvalue weighted by atomic mass is 35.5. The van der Waals surface area contributed by atoms with Crippen molar-refractivity contribution in [2.24, 2.45) is 0 Å². The molecule has 0 radical (unpaired) electrons. The molecule has 1 N–H and O–H groups in total. The van der Waals surface area contributed by atoms with Gasteiger partial charge in [-0.15, -0.1) is 0 Å². The van der Waals surface area contributed by atoms with Crippen LogP contribution in [0.2, 0.25) is 5.02 Å². The summed E-state index contributed by atoms with van der Waals surface area (Å²) in [7, 11) is 0. The Morgan fingerprint density at radius 1 is 1.27 bits per heavy atom. The van der Waals surface area contributed by atoms with Gasteiger partial charge in [0.15, 0.2) is 6.10 Å². The Bertz CT molecular complexity index is 838. The molecule has 2 amide bonds. The number of nitrogens with one attached hydrogen (secondary N) is 1. The number of benzene rings is 2. The summed E-state index contributed by atoms with van der Waals surface area (Å²) in [6.45, 7) is 4.23. The Kier molecular flexibility index (Phi) is 5.47. The van der Waals surface area contributed by atoms with Crippen LogP contribution in [0.1, 0.15) is 25.3 Å². The summed E-state index contributed by atoms with van der Waals surface area (Å²) in [6.07, 6.45) is 0.673. The van der Waals surface area contributed by atoms with Crippen molar-refractivity contribution in [3.05, 3.63) is 53.1 Å². The van der Waals surface area contributed by atoms with Gasteiger partial charge in [-0.05, 0) is 56.2 Å². The molecule has 0 bridgehead atoms. The van der Waals surface area contributed by atoms with Crippen molar-refractivity contribution in [2.45, 2.75) is 32.8 Å². The first-order valence-electron chi connectivity index (χ1n) is 8.59. The van der Waals surface area contributed by atoms with E-state index in [0.717, 1.165) is 17.7 Å². The van der Waals surface area contributed by atoms with Gasteiger partial charge < -0.3 is 15.0 Å². The number of para-hydroxylation sites is 2. The first-order valence-corrected chi connectivity index (χ1v) is 8.96. The first kappa shape index (κ1) is 18.3. The summed E-state index contributed by atoms with van der Waals surface area (Å²) in [5.41, 5.74) is 2.21. The number of aryl methyl sites for hydroxylation is 1. The number of nitrogens with zero attached hydrogens (tertiary/aromatic N) is 1. The number of halogens is 1. The molecule has 0 spiro atoms. The molecule has 0 aromatic heterocycles. The molecule has 1 aliphatic rings. The highest BCUT2D eigenvalue weighted by Crippen LogP contribution is 2.29. The SMILES string of the molecule is Cc1cc(OC(C)C(=O)Nc2ccccc2N2CCCC2=O)ccc1Cl. The third-order valence-corrected chi connectivity index (χ3v) is 4.76. The highest BCUT2D eigenvalue weighted by molar-refractivity contribution is 6.31. The number of carbonyl (C=O) groups excluding carboxylic acids is 2. The minimum absolute atomic E-state index is 0.0765. The van der Waals surface area contributed by atoms with Crippen molar-refractivity contribution in [3.63, 3.8) is 0 Å². The van der Waals surface area contributed by atoms with E-state index in [-0.39, 0.29) is 11.8 Å². The number of rotatable bonds is 5. The van der Waals surface area contributed by atoms with Crippen LogP contribution in [0.5, 0.6) is 5.75 Å². The number of ether oxygens (including phenoxy) is 1. The summed E-state index contributed by atoms with van der Waals surface area (Å²) < 4.78 is 5.72. The summed E-state index contributed by atoms with van der Waals surface area (Å²) in [6, 6.07) is 12.6. The van der Waals surface area contributed by atoms with E-state index in [9.17, 15) is 9.59 Å². The molecule has 2 aromatic carbocycles. The molecule has 2 aromatic rings. The van der Waals surface area contributed by atoms with Gasteiger partial charge in [-0.1, -0.05) is 23.7 Å². The lowest BCUT2D eigenvalue weighted by Crippen LogP contribution is -2.31. The molecule has 5 nitrogen and oxygen atoms in total. The summed E-state index contributed by atoms with van der Waals surface area (Å²) in [4.78, 5) is 26.3. The maximum absolute atomic E-state index is 12.6. The Hall–Kier alpha value is -2.53. The van der Waals surface area contributed by atoms with E-state index in [4.69, 9.17) is 16.3 Å². The molecule has 1 unspecified atom stereocenters. The smallest absolute Gasteiger partial charge is 0.265 e. The molecule has 1 saturated heterocycles. The Labute approximate surface area is 157 Å². The fourth-order valence-corrected chi connectivity index (χ4v) is 3.02. The molecular formula is C20H21ClN2O3. The zero-order chi connectivity index (χ0) is 18.7. The topological polar surface area (TPSA) is 58.6 Å². The van der Waals surface area contributed by atoms with Gasteiger partial charge in [0, 0.05) is 18.0 Å². The van der Waals surface area contributed by atoms with Gasteiger partial charge in [-0.3, -0.25) is 9.59 Å². The molecule has 26 heavy (non-hydrogen) atoms. The summed E-state index contributed by atoms with van der Waals surface area (Å²) in [5, 5.41) is 3.52. The van der Waals surface area contributed by atoms with Crippen LogP contribution in [0.25, 0.3) is 0 Å². The van der Waals surface area contributed by atoms with Crippen LogP contribution in [0.15, 0.2) is 42.5 Å². The second kappa shape index (κ2) is 7.79. The largest absolute Gasteiger partial charge is 0.481 e. The van der Waals surface area contributed by atoms with Crippen LogP contribution in [0.3, 0.4) is 0 Å². The van der Waals surface area contributed by atoms with Crippen molar-refractivity contribution in [3.8, 4) is 5.75 Å². The van der Waals surface area contributed by atoms with Crippen LogP contribution < -0.4 is 15.0 Å². The molecule has 6 heteroatoms. The lowest BCUT2D eigenvalue weighted by atomic mass is 10.2. The van der Waals surface area contributed by atoms with E-state index < -0.39 is 6.10 Å². The van der Waals surface area contributed by atoms with Crippen molar-refractivity contribution >= 4 is 34.8 Å². The minimum atomic E-state index is -0.696. The fraction of sp³-hybridized carbons (Fsp3) is 0.300. The molecule has 0 saturated carbocycles. The molecule has 0 aliphatic carbocycles. The van der Waals surface area contributed by atoms with E-state index in [1.807, 2.05) is 25.1 Å². The fourth-order valence-electron chi connectivity index (χ4n) is 2.90. The van der Waals surface area contributed by atoms with Gasteiger partial charge >= 0.3 is 0 Å². The van der Waals surface area contributed by atoms with Crippen molar-refractivity contribution in [2.75, 3.05) is 16.8 Å². The molecular weight excluding hydrogens is 352 g/mol. The van der Waals surface area contributed by atoms with Crippen molar-refractivity contribution in [1.82, 2.24) is 0 Å². The predicted molar refractivity (Wildman–Crippen MR) is 103 cm³/mol. The lowest BCUT2D eigenvalue weighted by Gasteiger charge is -2.21. The second-order valence-corrected chi connectivity index (χ2v) is 6.73. The van der Waals surface area contributed by atoms with Crippen molar-refractivity contribution in [1.29, 1.82) is 0 Å². The number of hydrogen-bond acceptors (Lipinski definition) is 3. The van der Waals surface area contributed by atoms with Gasteiger partial charge in [0.1, 0.15) is 5.75 Å². The molecule has 1 heterocycles. The minimum Gasteiger partial charge on any atom is -0.481 e. The average Bonchev–Trinajstić information content (AvgIpc) is 3.04. The van der Waals surface area contributed by atoms with E-state index in [0.29, 0.717) is 29.4 Å². The zero-order valence-corrected chi connectivity index (χ0v) is 15.5. The van der Waals surface area contributed by atoms with E-state index in [1.165, 1.54) is 0 Å². The van der Waals surface area contributed by atoms with Gasteiger partial charge in [-0.2, -0.15) is 0 Å². The quantitative estimate of drug-likeness (QED) is 0.856. The third kappa shape index (κ3) is 3.99. The Morgan fingerprint density at radius 3 is 2.73 bits per heavy atom. The van der Waals surface area contributed by atoms with Crippen LogP contribution in [0, 0.1) is 6.92 Å². The van der Waals surface area contributed by atoms with Crippen LogP contribution >= 0.6 is 11.6 Å². The maximum Gasteiger partial charge on any atom is 0.265 e. The van der Waals surface area contributed by atoms with Crippen LogP contribution in [-0.4, -0.2) is 24.5 Å². The molecule has 1 fully saturated rings. The van der Waals surface area contributed by atoms with Gasteiger partial charge in [0.05, 0.1) is 11.4 Å². The monoisotopic (exact) mass is 372 g/mol. The lowest BCUT2D eigenvalue weighted by molar-refractivity contribution is -0.122. The molecule has 136 valence electrons. The maximum atomic E-state index is 12.6. The molecule has 1 atom stereocenters. The summed E-state index contributed by atoms with van der Waals surface area (Å²) >= 11 is 6.01. The number of carbonyl (C=O) groups is 2. The number of hydrogen-bond donors (Lipinski definition) is 1. The molecule has 3 rings (SSSR count). The van der Waals surface area contributed by atoms with Gasteiger partial charge in [-0.25, -0.2) is 0 Å². The first-order chi connectivity index (χ1) is 12.5. The highest BCUT2D eigenvalue weighted by Gasteiger charge is 2.25. The summed E-state index contributed by atoms with van der Waals surface area (Å²) in [5.74, 6) is 0.377. The standard InChI is InChI=1S/C20H21ClN2O3/c1-13-12-15(9-10-16(13)21)26-14(2)20(25)22-17-6-3-4-7-18(17)23-11-5-8-19(23)24/h3-4,6-7,9-10,12,14H,5,8,11H2,1-2H3,(H,22,25). The number of amides is 2. The second-order valence-electron chi connectivity index (χ2n) is 6.33. The Morgan fingerprint density at radius 2 is 2.04 bits per heavy atom.